The van der Waals surface area contributed by atoms with Crippen molar-refractivity contribution in [2.24, 2.45) is 5.92 Å². The first-order valence-corrected chi connectivity index (χ1v) is 9.78. The summed E-state index contributed by atoms with van der Waals surface area (Å²) in [5.74, 6) is 1.26. The minimum atomic E-state index is -0.790. The number of likely N-dealkylation sites (tertiary alicyclic amines) is 1. The molecular weight excluding hydrogens is 338 g/mol. The average molecular weight is 361 g/mol. The molecule has 1 aliphatic carbocycles. The normalized spacial score (nSPS) is 27.7. The molecule has 25 heavy (non-hydrogen) atoms. The van der Waals surface area contributed by atoms with Gasteiger partial charge < -0.3 is 9.63 Å². The Kier molecular flexibility index (Phi) is 4.16. The maximum absolute atomic E-state index is 12.0. The molecule has 134 valence electrons. The highest BCUT2D eigenvalue weighted by Crippen LogP contribution is 2.51. The van der Waals surface area contributed by atoms with Crippen LogP contribution in [0.4, 0.5) is 0 Å². The van der Waals surface area contributed by atoms with Crippen LogP contribution in [0.15, 0.2) is 21.3 Å². The molecule has 0 amide bonds. The summed E-state index contributed by atoms with van der Waals surface area (Å²) in [5.41, 5.74) is 0.671. The molecule has 0 radical (unpaired) electrons. The Morgan fingerprint density at radius 2 is 2.36 bits per heavy atom. The van der Waals surface area contributed by atoms with Crippen LogP contribution in [0.5, 0.6) is 0 Å². The van der Waals surface area contributed by atoms with Gasteiger partial charge >= 0.3 is 5.97 Å². The van der Waals surface area contributed by atoms with Gasteiger partial charge in [0, 0.05) is 19.0 Å². The molecular formula is C18H23N3O3S. The van der Waals surface area contributed by atoms with E-state index in [1.165, 1.54) is 11.3 Å². The Hall–Kier alpha value is -1.73. The fourth-order valence-corrected chi connectivity index (χ4v) is 5.17. The monoisotopic (exact) mass is 361 g/mol. The number of rotatable bonds is 5. The van der Waals surface area contributed by atoms with Gasteiger partial charge in [-0.1, -0.05) is 25.4 Å². The maximum atomic E-state index is 12.0. The molecule has 1 saturated heterocycles. The Bertz CT molecular complexity index is 757. The van der Waals surface area contributed by atoms with Crippen molar-refractivity contribution in [3.63, 3.8) is 0 Å². The van der Waals surface area contributed by atoms with Gasteiger partial charge in [-0.15, -0.1) is 0 Å². The SMILES string of the molecule is CC(C)c1noc([C@]23CCC[C@H]2CN(C(C(=O)O)c2ccsc2)C3)n1. The summed E-state index contributed by atoms with van der Waals surface area (Å²) in [7, 11) is 0. The van der Waals surface area contributed by atoms with E-state index >= 15 is 0 Å². The first-order valence-electron chi connectivity index (χ1n) is 8.84. The molecule has 1 saturated carbocycles. The number of carboxylic acid groups (broad SMARTS) is 1. The molecule has 2 fully saturated rings. The standard InChI is InChI=1S/C18H23N3O3S/c1-11(2)15-19-17(24-20-15)18-6-3-4-13(18)8-21(10-18)14(16(22)23)12-5-7-25-9-12/h5,7,9,11,13-14H,3-4,6,8,10H2,1-2H3,(H,22,23)/t13-,14?,18-/m0/s1. The predicted molar refractivity (Wildman–Crippen MR) is 93.7 cm³/mol. The lowest BCUT2D eigenvalue weighted by Gasteiger charge is -2.27. The number of thiophene rings is 1. The van der Waals surface area contributed by atoms with Gasteiger partial charge in [-0.05, 0) is 41.1 Å². The van der Waals surface area contributed by atoms with Crippen LogP contribution in [0.2, 0.25) is 0 Å². The second-order valence-electron chi connectivity index (χ2n) is 7.58. The van der Waals surface area contributed by atoms with Gasteiger partial charge in [-0.3, -0.25) is 9.69 Å². The highest BCUT2D eigenvalue weighted by Gasteiger charge is 2.56. The zero-order valence-electron chi connectivity index (χ0n) is 14.5. The van der Waals surface area contributed by atoms with Crippen LogP contribution in [0.25, 0.3) is 0 Å². The van der Waals surface area contributed by atoms with Crippen LogP contribution in [0.1, 0.15) is 62.3 Å². The van der Waals surface area contributed by atoms with Crippen LogP contribution >= 0.6 is 11.3 Å². The lowest BCUT2D eigenvalue weighted by Crippen LogP contribution is -2.36. The molecule has 0 bridgehead atoms. The number of aromatic nitrogens is 2. The quantitative estimate of drug-likeness (QED) is 0.879. The van der Waals surface area contributed by atoms with E-state index in [1.807, 2.05) is 16.8 Å². The van der Waals surface area contributed by atoms with E-state index in [0.717, 1.165) is 37.2 Å². The number of hydrogen-bond donors (Lipinski definition) is 1. The van der Waals surface area contributed by atoms with Gasteiger partial charge in [-0.25, -0.2) is 0 Å². The molecule has 3 atom stereocenters. The van der Waals surface area contributed by atoms with Crippen molar-refractivity contribution in [3.8, 4) is 0 Å². The molecule has 0 spiro atoms. The third-order valence-electron chi connectivity index (χ3n) is 5.74. The van der Waals surface area contributed by atoms with Crippen molar-refractivity contribution in [2.45, 2.75) is 50.5 Å². The zero-order valence-corrected chi connectivity index (χ0v) is 15.3. The number of hydrogen-bond acceptors (Lipinski definition) is 6. The molecule has 1 N–H and O–H groups in total. The number of aliphatic carboxylic acids is 1. The average Bonchev–Trinajstić information content (AvgIpc) is 3.30. The number of carbonyl (C=O) groups is 1. The largest absolute Gasteiger partial charge is 0.480 e. The topological polar surface area (TPSA) is 79.5 Å². The fraction of sp³-hybridized carbons (Fsp3) is 0.611. The number of fused-ring (bicyclic) bond motifs is 1. The lowest BCUT2D eigenvalue weighted by atomic mass is 9.80. The summed E-state index contributed by atoms with van der Waals surface area (Å²) >= 11 is 1.54. The summed E-state index contributed by atoms with van der Waals surface area (Å²) in [6.07, 6.45) is 3.21. The fourth-order valence-electron chi connectivity index (χ4n) is 4.49. The highest BCUT2D eigenvalue weighted by molar-refractivity contribution is 7.08. The van der Waals surface area contributed by atoms with E-state index in [2.05, 4.69) is 28.9 Å². The summed E-state index contributed by atoms with van der Waals surface area (Å²) in [6, 6.07) is 1.31. The van der Waals surface area contributed by atoms with Crippen LogP contribution < -0.4 is 0 Å². The van der Waals surface area contributed by atoms with E-state index in [9.17, 15) is 9.90 Å². The van der Waals surface area contributed by atoms with Gasteiger partial charge in [0.05, 0.1) is 5.41 Å². The molecule has 6 nitrogen and oxygen atoms in total. The molecule has 7 heteroatoms. The number of nitrogens with zero attached hydrogens (tertiary/aromatic N) is 3. The second kappa shape index (κ2) is 6.21. The molecule has 2 aromatic rings. The molecule has 2 aromatic heterocycles. The Morgan fingerprint density at radius 3 is 3.00 bits per heavy atom. The van der Waals surface area contributed by atoms with E-state index in [-0.39, 0.29) is 11.3 Å². The van der Waals surface area contributed by atoms with Crippen LogP contribution in [-0.4, -0.2) is 39.2 Å². The number of carboxylic acids is 1. The molecule has 4 rings (SSSR count). The van der Waals surface area contributed by atoms with E-state index in [0.29, 0.717) is 18.4 Å². The maximum Gasteiger partial charge on any atom is 0.325 e. The molecule has 1 unspecified atom stereocenters. The van der Waals surface area contributed by atoms with Gasteiger partial charge in [0.25, 0.3) is 0 Å². The van der Waals surface area contributed by atoms with E-state index in [4.69, 9.17) is 4.52 Å². The minimum absolute atomic E-state index is 0.191. The molecule has 1 aliphatic heterocycles. The minimum Gasteiger partial charge on any atom is -0.480 e. The summed E-state index contributed by atoms with van der Waals surface area (Å²) in [4.78, 5) is 18.7. The van der Waals surface area contributed by atoms with Crippen molar-refractivity contribution >= 4 is 17.3 Å². The van der Waals surface area contributed by atoms with E-state index < -0.39 is 12.0 Å². The Labute approximate surface area is 150 Å². The van der Waals surface area contributed by atoms with Crippen molar-refractivity contribution in [1.29, 1.82) is 0 Å². The second-order valence-corrected chi connectivity index (χ2v) is 8.36. The smallest absolute Gasteiger partial charge is 0.325 e. The van der Waals surface area contributed by atoms with Crippen molar-refractivity contribution in [2.75, 3.05) is 13.1 Å². The predicted octanol–water partition coefficient (Wildman–Crippen LogP) is 3.43. The summed E-state index contributed by atoms with van der Waals surface area (Å²) in [5, 5.41) is 17.8. The Balaban J connectivity index is 1.66. The zero-order chi connectivity index (χ0) is 17.6. The van der Waals surface area contributed by atoms with Crippen molar-refractivity contribution < 1.29 is 14.4 Å². The van der Waals surface area contributed by atoms with Gasteiger partial charge in [-0.2, -0.15) is 16.3 Å². The Morgan fingerprint density at radius 1 is 1.52 bits per heavy atom. The molecule has 2 aliphatic rings. The van der Waals surface area contributed by atoms with Gasteiger partial charge in [0.1, 0.15) is 6.04 Å². The van der Waals surface area contributed by atoms with E-state index in [1.54, 1.807) is 0 Å². The summed E-state index contributed by atoms with van der Waals surface area (Å²) in [6.45, 7) is 5.54. The van der Waals surface area contributed by atoms with Crippen molar-refractivity contribution in [3.05, 3.63) is 34.1 Å². The summed E-state index contributed by atoms with van der Waals surface area (Å²) < 4.78 is 5.66. The molecule has 0 aromatic carbocycles. The first kappa shape index (κ1) is 16.7. The van der Waals surface area contributed by atoms with Crippen LogP contribution in [-0.2, 0) is 10.2 Å². The van der Waals surface area contributed by atoms with Crippen LogP contribution in [0.3, 0.4) is 0 Å². The van der Waals surface area contributed by atoms with Gasteiger partial charge in [0.15, 0.2) is 5.82 Å². The lowest BCUT2D eigenvalue weighted by molar-refractivity contribution is -0.143. The third kappa shape index (κ3) is 2.69. The van der Waals surface area contributed by atoms with Crippen LogP contribution in [0, 0.1) is 5.92 Å². The molecule has 3 heterocycles. The van der Waals surface area contributed by atoms with Gasteiger partial charge in [0.2, 0.25) is 5.89 Å². The first-order chi connectivity index (χ1) is 12.0. The third-order valence-corrected chi connectivity index (χ3v) is 6.44. The van der Waals surface area contributed by atoms with Crippen molar-refractivity contribution in [1.82, 2.24) is 15.0 Å². The highest BCUT2D eigenvalue weighted by atomic mass is 32.1.